The van der Waals surface area contributed by atoms with Gasteiger partial charge in [-0.3, -0.25) is 4.79 Å². The molecule has 1 atom stereocenters. The Labute approximate surface area is 94.6 Å². The standard InChI is InChI=1S/C12H16FNO2/c1-9(8-16-2)14-12(15)7-10-3-5-11(13)6-4-10/h3-6,9H,7-8H2,1-2H3,(H,14,15)/t9-/m0/s1. The molecule has 4 heteroatoms. The number of benzene rings is 1. The molecule has 0 aliphatic rings. The van der Waals surface area contributed by atoms with Crippen LogP contribution < -0.4 is 5.32 Å². The van der Waals surface area contributed by atoms with Crippen molar-refractivity contribution in [3.63, 3.8) is 0 Å². The number of ether oxygens (including phenoxy) is 1. The van der Waals surface area contributed by atoms with Gasteiger partial charge >= 0.3 is 0 Å². The van der Waals surface area contributed by atoms with Crippen LogP contribution >= 0.6 is 0 Å². The van der Waals surface area contributed by atoms with Gasteiger partial charge in [0.05, 0.1) is 13.0 Å². The molecule has 0 saturated carbocycles. The Kier molecular flexibility index (Phi) is 4.92. The van der Waals surface area contributed by atoms with Gasteiger partial charge in [0.15, 0.2) is 0 Å². The molecular formula is C12H16FNO2. The van der Waals surface area contributed by atoms with E-state index in [1.165, 1.54) is 12.1 Å². The fourth-order valence-electron chi connectivity index (χ4n) is 1.41. The van der Waals surface area contributed by atoms with Gasteiger partial charge in [-0.25, -0.2) is 4.39 Å². The quantitative estimate of drug-likeness (QED) is 0.825. The summed E-state index contributed by atoms with van der Waals surface area (Å²) in [5.41, 5.74) is 0.795. The highest BCUT2D eigenvalue weighted by atomic mass is 19.1. The van der Waals surface area contributed by atoms with E-state index >= 15 is 0 Å². The largest absolute Gasteiger partial charge is 0.383 e. The predicted molar refractivity (Wildman–Crippen MR) is 59.6 cm³/mol. The van der Waals surface area contributed by atoms with Crippen LogP contribution in [0.1, 0.15) is 12.5 Å². The smallest absolute Gasteiger partial charge is 0.224 e. The minimum absolute atomic E-state index is 0.0158. The summed E-state index contributed by atoms with van der Waals surface area (Å²) < 4.78 is 17.5. The van der Waals surface area contributed by atoms with Crippen molar-refractivity contribution < 1.29 is 13.9 Å². The number of hydrogen-bond donors (Lipinski definition) is 1. The Hall–Kier alpha value is -1.42. The zero-order chi connectivity index (χ0) is 12.0. The molecule has 1 N–H and O–H groups in total. The lowest BCUT2D eigenvalue weighted by molar-refractivity contribution is -0.121. The van der Waals surface area contributed by atoms with Crippen molar-refractivity contribution in [1.29, 1.82) is 0 Å². The summed E-state index contributed by atoms with van der Waals surface area (Å²) >= 11 is 0. The summed E-state index contributed by atoms with van der Waals surface area (Å²) in [5, 5.41) is 2.79. The molecule has 0 aliphatic heterocycles. The van der Waals surface area contributed by atoms with E-state index in [1.807, 2.05) is 6.92 Å². The summed E-state index contributed by atoms with van der Waals surface area (Å²) in [7, 11) is 1.59. The van der Waals surface area contributed by atoms with Gasteiger partial charge in [-0.1, -0.05) is 12.1 Å². The molecule has 0 radical (unpaired) electrons. The number of halogens is 1. The number of methoxy groups -OCH3 is 1. The number of nitrogens with one attached hydrogen (secondary N) is 1. The number of amides is 1. The number of carbonyl (C=O) groups is 1. The van der Waals surface area contributed by atoms with E-state index in [2.05, 4.69) is 5.32 Å². The first-order valence-corrected chi connectivity index (χ1v) is 5.14. The van der Waals surface area contributed by atoms with Crippen molar-refractivity contribution in [1.82, 2.24) is 5.32 Å². The van der Waals surface area contributed by atoms with Crippen molar-refractivity contribution in [2.75, 3.05) is 13.7 Å². The maximum absolute atomic E-state index is 12.6. The van der Waals surface area contributed by atoms with Crippen LogP contribution in [0.2, 0.25) is 0 Å². The van der Waals surface area contributed by atoms with E-state index in [1.54, 1.807) is 19.2 Å². The highest BCUT2D eigenvalue weighted by molar-refractivity contribution is 5.78. The van der Waals surface area contributed by atoms with Crippen molar-refractivity contribution in [2.45, 2.75) is 19.4 Å². The second-order valence-corrected chi connectivity index (χ2v) is 3.73. The molecule has 1 aromatic rings. The van der Waals surface area contributed by atoms with E-state index in [-0.39, 0.29) is 24.2 Å². The zero-order valence-electron chi connectivity index (χ0n) is 9.50. The SMILES string of the molecule is COC[C@H](C)NC(=O)Cc1ccc(F)cc1. The normalized spacial score (nSPS) is 12.2. The predicted octanol–water partition coefficient (Wildman–Crippen LogP) is 1.52. The highest BCUT2D eigenvalue weighted by Gasteiger charge is 2.07. The fraction of sp³-hybridized carbons (Fsp3) is 0.417. The number of hydrogen-bond acceptors (Lipinski definition) is 2. The molecule has 0 aliphatic carbocycles. The van der Waals surface area contributed by atoms with Crippen molar-refractivity contribution >= 4 is 5.91 Å². The fourth-order valence-corrected chi connectivity index (χ4v) is 1.41. The van der Waals surface area contributed by atoms with E-state index in [0.717, 1.165) is 5.56 Å². The van der Waals surface area contributed by atoms with Crippen LogP contribution in [0.25, 0.3) is 0 Å². The summed E-state index contributed by atoms with van der Waals surface area (Å²) in [6.07, 6.45) is 0.258. The van der Waals surface area contributed by atoms with Crippen LogP contribution in [-0.4, -0.2) is 25.7 Å². The van der Waals surface area contributed by atoms with Crippen LogP contribution in [0.3, 0.4) is 0 Å². The Morgan fingerprint density at radius 3 is 2.62 bits per heavy atom. The third kappa shape index (κ3) is 4.40. The van der Waals surface area contributed by atoms with Gasteiger partial charge in [-0.05, 0) is 24.6 Å². The summed E-state index contributed by atoms with van der Waals surface area (Å²) in [6.45, 7) is 2.35. The first-order valence-electron chi connectivity index (χ1n) is 5.14. The molecule has 0 bridgehead atoms. The van der Waals surface area contributed by atoms with Gasteiger partial charge in [0, 0.05) is 13.2 Å². The minimum Gasteiger partial charge on any atom is -0.383 e. The maximum atomic E-state index is 12.6. The minimum atomic E-state index is -0.295. The van der Waals surface area contributed by atoms with Crippen molar-refractivity contribution in [2.24, 2.45) is 0 Å². The van der Waals surface area contributed by atoms with E-state index in [4.69, 9.17) is 4.74 Å². The van der Waals surface area contributed by atoms with Gasteiger partial charge in [0.1, 0.15) is 5.82 Å². The average Bonchev–Trinajstić information content (AvgIpc) is 2.21. The van der Waals surface area contributed by atoms with Crippen LogP contribution in [0.4, 0.5) is 4.39 Å². The molecule has 1 amide bonds. The highest BCUT2D eigenvalue weighted by Crippen LogP contribution is 2.03. The second kappa shape index (κ2) is 6.23. The van der Waals surface area contributed by atoms with Gasteiger partial charge in [-0.2, -0.15) is 0 Å². The molecule has 88 valence electrons. The van der Waals surface area contributed by atoms with Gasteiger partial charge in [0.2, 0.25) is 5.91 Å². The first-order chi connectivity index (χ1) is 7.61. The Morgan fingerprint density at radius 1 is 1.44 bits per heavy atom. The van der Waals surface area contributed by atoms with Crippen LogP contribution in [0.5, 0.6) is 0 Å². The molecule has 0 saturated heterocycles. The van der Waals surface area contributed by atoms with Crippen LogP contribution in [0.15, 0.2) is 24.3 Å². The monoisotopic (exact) mass is 225 g/mol. The van der Waals surface area contributed by atoms with E-state index in [9.17, 15) is 9.18 Å². The van der Waals surface area contributed by atoms with Crippen molar-refractivity contribution in [3.8, 4) is 0 Å². The van der Waals surface area contributed by atoms with Gasteiger partial charge in [-0.15, -0.1) is 0 Å². The van der Waals surface area contributed by atoms with Gasteiger partial charge < -0.3 is 10.1 Å². The molecule has 0 unspecified atom stereocenters. The molecule has 0 spiro atoms. The van der Waals surface area contributed by atoms with E-state index < -0.39 is 0 Å². The zero-order valence-corrected chi connectivity index (χ0v) is 9.50. The molecule has 0 aromatic heterocycles. The lowest BCUT2D eigenvalue weighted by atomic mass is 10.1. The average molecular weight is 225 g/mol. The first kappa shape index (κ1) is 12.6. The van der Waals surface area contributed by atoms with E-state index in [0.29, 0.717) is 6.61 Å². The Morgan fingerprint density at radius 2 is 2.06 bits per heavy atom. The maximum Gasteiger partial charge on any atom is 0.224 e. The van der Waals surface area contributed by atoms with Crippen LogP contribution in [0, 0.1) is 5.82 Å². The molecular weight excluding hydrogens is 209 g/mol. The second-order valence-electron chi connectivity index (χ2n) is 3.73. The Balaban J connectivity index is 2.42. The van der Waals surface area contributed by atoms with Gasteiger partial charge in [0.25, 0.3) is 0 Å². The molecule has 1 rings (SSSR count). The number of rotatable bonds is 5. The summed E-state index contributed by atoms with van der Waals surface area (Å²) in [5.74, 6) is -0.381. The molecule has 0 fully saturated rings. The third-order valence-electron chi connectivity index (χ3n) is 2.10. The lowest BCUT2D eigenvalue weighted by Crippen LogP contribution is -2.36. The van der Waals surface area contributed by atoms with Crippen LogP contribution in [-0.2, 0) is 16.0 Å². The molecule has 0 heterocycles. The summed E-state index contributed by atoms with van der Waals surface area (Å²) in [6, 6.07) is 5.90. The number of carbonyl (C=O) groups excluding carboxylic acids is 1. The lowest BCUT2D eigenvalue weighted by Gasteiger charge is -2.12. The molecule has 3 nitrogen and oxygen atoms in total. The summed E-state index contributed by atoms with van der Waals surface area (Å²) in [4.78, 5) is 11.5. The topological polar surface area (TPSA) is 38.3 Å². The van der Waals surface area contributed by atoms with Crippen molar-refractivity contribution in [3.05, 3.63) is 35.6 Å². The third-order valence-corrected chi connectivity index (χ3v) is 2.10. The molecule has 1 aromatic carbocycles. The molecule has 16 heavy (non-hydrogen) atoms. The Bertz CT molecular complexity index is 337.